The molecule has 5 fully saturated rings. The van der Waals surface area contributed by atoms with E-state index in [1.54, 1.807) is 24.4 Å². The number of amides is 1. The van der Waals surface area contributed by atoms with Gasteiger partial charge in [0.15, 0.2) is 11.6 Å². The molecule has 4 aliphatic heterocycles. The van der Waals surface area contributed by atoms with Crippen LogP contribution in [0.15, 0.2) is 78.1 Å². The predicted octanol–water partition coefficient (Wildman–Crippen LogP) is 8.86. The number of carbonyl (C=O) groups excluding carboxylic acids is 1. The molecule has 2 bridgehead atoms. The van der Waals surface area contributed by atoms with Crippen molar-refractivity contribution in [2.75, 3.05) is 31.1 Å². The zero-order chi connectivity index (χ0) is 45.5. The van der Waals surface area contributed by atoms with Crippen molar-refractivity contribution >= 4 is 43.6 Å². The molecule has 5 aliphatic rings. The lowest BCUT2D eigenvalue weighted by molar-refractivity contribution is 0.0122. The molecule has 0 N–H and O–H groups in total. The summed E-state index contributed by atoms with van der Waals surface area (Å²) in [6.07, 6.45) is 11.5. The Kier molecular flexibility index (Phi) is 10.4. The van der Waals surface area contributed by atoms with Crippen LogP contribution in [-0.4, -0.2) is 109 Å². The largest absolute Gasteiger partial charge is 0.461 e. The van der Waals surface area contributed by atoms with Gasteiger partial charge in [0, 0.05) is 36.8 Å². The van der Waals surface area contributed by atoms with E-state index < -0.39 is 21.4 Å². The maximum absolute atomic E-state index is 17.6. The van der Waals surface area contributed by atoms with E-state index in [0.717, 1.165) is 79.2 Å². The Morgan fingerprint density at radius 2 is 1.68 bits per heavy atom. The molecule has 4 atom stereocenters. The van der Waals surface area contributed by atoms with Crippen molar-refractivity contribution in [3.63, 3.8) is 0 Å². The van der Waals surface area contributed by atoms with Crippen LogP contribution in [-0.2, 0) is 14.8 Å². The highest BCUT2D eigenvalue weighted by molar-refractivity contribution is 7.89. The fourth-order valence-corrected chi connectivity index (χ4v) is 11.9. The first-order chi connectivity index (χ1) is 31.8. The molecule has 0 radical (unpaired) electrons. The number of aromatic nitrogens is 6. The molecule has 1 aliphatic carbocycles. The summed E-state index contributed by atoms with van der Waals surface area (Å²) in [6.45, 7) is 10.3. The highest BCUT2D eigenvalue weighted by Crippen LogP contribution is 2.45. The lowest BCUT2D eigenvalue weighted by atomic mass is 9.95. The van der Waals surface area contributed by atoms with Crippen LogP contribution in [0.2, 0.25) is 0 Å². The topological polar surface area (TPSA) is 158 Å². The Labute approximate surface area is 383 Å². The molecule has 0 spiro atoms. The second-order valence-electron chi connectivity index (χ2n) is 19.6. The van der Waals surface area contributed by atoms with E-state index in [1.807, 2.05) is 56.0 Å². The molecule has 6 aromatic rings. The summed E-state index contributed by atoms with van der Waals surface area (Å²) in [5.74, 6) is 1.43. The smallest absolute Gasteiger partial charge is 0.410 e. The van der Waals surface area contributed by atoms with E-state index in [2.05, 4.69) is 26.8 Å². The van der Waals surface area contributed by atoms with E-state index in [4.69, 9.17) is 29.2 Å². The standard InChI is InChI=1S/C49H54FN9O6S/c1-5-32-19-21-49(20-8-22-57(32)49)28-63-46-53-43-40(45(54-46)56-26-33-13-14-34(27-56)59(33)47(60)65-48(2,3)4)25-51-42(41(43)50)39-24-36(23-31-9-6-7-10-38(31)39)64-35-15-17-37(18-16-35)66(61,62)58-29-52-44(55-58)30-11-12-30/h6-7,9-10,15-18,23-25,29-30,32-34H,5,8,11-14,19-22,26-28H2,1-4H3. The van der Waals surface area contributed by atoms with E-state index in [9.17, 15) is 13.2 Å². The van der Waals surface area contributed by atoms with Crippen LogP contribution >= 0.6 is 0 Å². The predicted molar refractivity (Wildman–Crippen MR) is 246 cm³/mol. The third-order valence-electron chi connectivity index (χ3n) is 14.1. The van der Waals surface area contributed by atoms with E-state index in [0.29, 0.717) is 59.8 Å². The minimum absolute atomic E-state index is 0.0413. The minimum Gasteiger partial charge on any atom is -0.461 e. The summed E-state index contributed by atoms with van der Waals surface area (Å²) in [6, 6.07) is 17.7. The third kappa shape index (κ3) is 7.66. The molecule has 4 saturated heterocycles. The Morgan fingerprint density at radius 3 is 2.42 bits per heavy atom. The fourth-order valence-electron chi connectivity index (χ4n) is 10.8. The molecular formula is C49H54FN9O6S. The maximum atomic E-state index is 17.6. The highest BCUT2D eigenvalue weighted by atomic mass is 32.2. The molecule has 66 heavy (non-hydrogen) atoms. The first-order valence-electron chi connectivity index (χ1n) is 23.3. The lowest BCUT2D eigenvalue weighted by Crippen LogP contribution is -2.57. The minimum atomic E-state index is -3.96. The van der Waals surface area contributed by atoms with Crippen LogP contribution in [0.1, 0.15) is 97.2 Å². The summed E-state index contributed by atoms with van der Waals surface area (Å²) in [4.78, 5) is 38.9. The number of piperazine rings is 1. The van der Waals surface area contributed by atoms with Crippen LogP contribution < -0.4 is 14.4 Å². The monoisotopic (exact) mass is 915 g/mol. The number of carbonyl (C=O) groups is 1. The zero-order valence-corrected chi connectivity index (χ0v) is 38.5. The van der Waals surface area contributed by atoms with Crippen molar-refractivity contribution < 1.29 is 31.8 Å². The summed E-state index contributed by atoms with van der Waals surface area (Å²) >= 11 is 0. The highest BCUT2D eigenvalue weighted by Gasteiger charge is 2.49. The van der Waals surface area contributed by atoms with Crippen molar-refractivity contribution in [3.8, 4) is 28.8 Å². The summed E-state index contributed by atoms with van der Waals surface area (Å²) in [5, 5.41) is 6.21. The van der Waals surface area contributed by atoms with E-state index in [1.165, 1.54) is 18.5 Å². The Morgan fingerprint density at radius 1 is 0.909 bits per heavy atom. The molecule has 7 heterocycles. The van der Waals surface area contributed by atoms with Crippen molar-refractivity contribution in [2.45, 2.75) is 126 Å². The van der Waals surface area contributed by atoms with E-state index >= 15 is 4.39 Å². The maximum Gasteiger partial charge on any atom is 0.410 e. The van der Waals surface area contributed by atoms with Crippen LogP contribution in [0.3, 0.4) is 0 Å². The molecular weight excluding hydrogens is 862 g/mol. The van der Waals surface area contributed by atoms with Crippen LogP contribution in [0.5, 0.6) is 17.5 Å². The SMILES string of the molecule is CCC1CCC2(COc3nc(N4CC5CCC(C4)N5C(=O)OC(C)(C)C)c4cnc(-c5cc(Oc6ccc(S(=O)(=O)n7cnc(C8CC8)n7)cc6)cc6ccccc56)c(F)c4n3)CCCN12. The number of hydrogen-bond acceptors (Lipinski definition) is 13. The Bertz CT molecular complexity index is 2960. The Hall–Kier alpha value is -5.94. The van der Waals surface area contributed by atoms with Gasteiger partial charge in [-0.1, -0.05) is 31.2 Å². The molecule has 4 unspecified atom stereocenters. The molecule has 1 amide bonds. The van der Waals surface area contributed by atoms with Gasteiger partial charge in [-0.15, -0.1) is 9.19 Å². The molecule has 15 nitrogen and oxygen atoms in total. The number of fused-ring (bicyclic) bond motifs is 5. The van der Waals surface area contributed by atoms with Gasteiger partial charge in [-0.25, -0.2) is 14.2 Å². The van der Waals surface area contributed by atoms with Crippen molar-refractivity contribution in [2.24, 2.45) is 0 Å². The molecule has 11 rings (SSSR count). The fraction of sp³-hybridized carbons (Fsp3) is 0.469. The average molecular weight is 916 g/mol. The third-order valence-corrected chi connectivity index (χ3v) is 15.7. The van der Waals surface area contributed by atoms with Gasteiger partial charge in [-0.3, -0.25) is 14.8 Å². The molecule has 17 heteroatoms. The second-order valence-corrected chi connectivity index (χ2v) is 21.4. The summed E-state index contributed by atoms with van der Waals surface area (Å²) in [5.41, 5.74) is -0.0739. The van der Waals surface area contributed by atoms with Gasteiger partial charge in [0.05, 0.1) is 27.9 Å². The number of nitrogens with zero attached hydrogens (tertiary/aromatic N) is 9. The van der Waals surface area contributed by atoms with Gasteiger partial charge < -0.3 is 19.1 Å². The second kappa shape index (κ2) is 16.1. The van der Waals surface area contributed by atoms with Gasteiger partial charge in [0.25, 0.3) is 10.0 Å². The summed E-state index contributed by atoms with van der Waals surface area (Å²) in [7, 11) is -3.96. The number of pyridine rings is 1. The first-order valence-corrected chi connectivity index (χ1v) is 24.7. The van der Waals surface area contributed by atoms with Crippen LogP contribution in [0.25, 0.3) is 32.9 Å². The van der Waals surface area contributed by atoms with Crippen molar-refractivity contribution in [3.05, 3.63) is 84.8 Å². The molecule has 3 aromatic heterocycles. The van der Waals surface area contributed by atoms with Crippen LogP contribution in [0.4, 0.5) is 15.0 Å². The molecule has 1 saturated carbocycles. The van der Waals surface area contributed by atoms with Gasteiger partial charge in [-0.05, 0) is 132 Å². The normalized spacial score (nSPS) is 23.2. The molecule has 344 valence electrons. The number of ether oxygens (including phenoxy) is 3. The van der Waals surface area contributed by atoms with Gasteiger partial charge >= 0.3 is 12.1 Å². The summed E-state index contributed by atoms with van der Waals surface area (Å²) < 4.78 is 64.1. The number of rotatable bonds is 11. The number of benzene rings is 3. The van der Waals surface area contributed by atoms with Gasteiger partial charge in [0.1, 0.15) is 47.1 Å². The Balaban J connectivity index is 0.941. The van der Waals surface area contributed by atoms with Crippen molar-refractivity contribution in [1.29, 1.82) is 0 Å². The van der Waals surface area contributed by atoms with Gasteiger partial charge in [0.2, 0.25) is 0 Å². The first kappa shape index (κ1) is 42.7. The zero-order valence-electron chi connectivity index (χ0n) is 37.7. The average Bonchev–Trinajstić information content (AvgIpc) is 3.56. The quantitative estimate of drug-likeness (QED) is 0.122. The lowest BCUT2D eigenvalue weighted by Gasteiger charge is -2.42. The molecule has 3 aromatic carbocycles. The van der Waals surface area contributed by atoms with Gasteiger partial charge in [-0.2, -0.15) is 18.4 Å². The number of hydrogen-bond donors (Lipinski definition) is 0. The number of halogens is 1. The van der Waals surface area contributed by atoms with Crippen LogP contribution in [0, 0.1) is 5.82 Å². The van der Waals surface area contributed by atoms with E-state index in [-0.39, 0.29) is 51.8 Å². The number of anilines is 1. The van der Waals surface area contributed by atoms with Crippen molar-refractivity contribution in [1.82, 2.24) is 38.9 Å².